The lowest BCUT2D eigenvalue weighted by Gasteiger charge is -2.22. The highest BCUT2D eigenvalue weighted by molar-refractivity contribution is 5.76. The largest absolute Gasteiger partial charge is 0.466 e. The van der Waals surface area contributed by atoms with Crippen LogP contribution in [0.3, 0.4) is 0 Å². The van der Waals surface area contributed by atoms with Crippen molar-refractivity contribution >= 4 is 11.9 Å². The molecule has 0 radical (unpaired) electrons. The van der Waals surface area contributed by atoms with Crippen LogP contribution in [0.4, 0.5) is 0 Å². The number of esters is 1. The molecule has 2 unspecified atom stereocenters. The summed E-state index contributed by atoms with van der Waals surface area (Å²) in [5.74, 6) is -0.0325. The van der Waals surface area contributed by atoms with Gasteiger partial charge in [0.1, 0.15) is 0 Å². The zero-order valence-electron chi connectivity index (χ0n) is 47.0. The molecule has 0 aromatic carbocycles. The lowest BCUT2D eigenvalue weighted by molar-refractivity contribution is -0.143. The summed E-state index contributed by atoms with van der Waals surface area (Å²) in [6.45, 7) is 4.92. The number of nitrogens with one attached hydrogen (secondary N) is 1. The van der Waals surface area contributed by atoms with Gasteiger partial charge in [-0.25, -0.2) is 0 Å². The number of amides is 1. The number of unbranched alkanes of at least 4 members (excludes halogenated alkanes) is 41. The molecule has 0 saturated heterocycles. The molecule has 70 heavy (non-hydrogen) atoms. The Labute approximate surface area is 436 Å². The molecule has 0 aromatic heterocycles. The highest BCUT2D eigenvalue weighted by Gasteiger charge is 2.20. The quantitative estimate of drug-likeness (QED) is 0.0321. The molecule has 0 aliphatic rings. The first kappa shape index (κ1) is 68.1. The van der Waals surface area contributed by atoms with Crippen LogP contribution in [0.25, 0.3) is 0 Å². The van der Waals surface area contributed by atoms with Crippen molar-refractivity contribution in [3.8, 4) is 0 Å². The van der Waals surface area contributed by atoms with Gasteiger partial charge in [0.05, 0.1) is 25.4 Å². The number of hydrogen-bond donors (Lipinski definition) is 3. The minimum atomic E-state index is -0.661. The third kappa shape index (κ3) is 55.4. The van der Waals surface area contributed by atoms with Gasteiger partial charge in [-0.1, -0.05) is 275 Å². The van der Waals surface area contributed by atoms with Crippen LogP contribution in [0.5, 0.6) is 0 Å². The summed E-state index contributed by atoms with van der Waals surface area (Å²) in [5.41, 5.74) is 0. The number of aliphatic hydroxyl groups is 2. The molecule has 0 fully saturated rings. The number of rotatable bonds is 58. The molecule has 0 bridgehead atoms. The summed E-state index contributed by atoms with van der Waals surface area (Å²) in [6, 6.07) is -0.539. The average Bonchev–Trinajstić information content (AvgIpc) is 3.36. The summed E-state index contributed by atoms with van der Waals surface area (Å²) < 4.78 is 5.47. The van der Waals surface area contributed by atoms with Crippen molar-refractivity contribution < 1.29 is 24.5 Å². The lowest BCUT2D eigenvalue weighted by atomic mass is 10.0. The van der Waals surface area contributed by atoms with Crippen LogP contribution in [0.1, 0.15) is 335 Å². The number of carbonyl (C=O) groups excluding carboxylic acids is 2. The van der Waals surface area contributed by atoms with Crippen LogP contribution in [0.15, 0.2) is 36.5 Å². The van der Waals surface area contributed by atoms with Crippen molar-refractivity contribution in [2.24, 2.45) is 0 Å². The lowest BCUT2D eigenvalue weighted by Crippen LogP contribution is -2.45. The second kappa shape index (κ2) is 59.6. The van der Waals surface area contributed by atoms with Gasteiger partial charge in [-0.05, 0) is 83.5 Å². The molecular formula is C64H121NO5. The summed E-state index contributed by atoms with van der Waals surface area (Å²) in [6.07, 6.45) is 74.6. The fraction of sp³-hybridized carbons (Fsp3) is 0.875. The minimum Gasteiger partial charge on any atom is -0.466 e. The van der Waals surface area contributed by atoms with E-state index in [1.807, 2.05) is 0 Å². The molecule has 0 saturated carbocycles. The Kier molecular flexibility index (Phi) is 58.0. The molecule has 0 rings (SSSR count). The van der Waals surface area contributed by atoms with Crippen molar-refractivity contribution in [2.75, 3.05) is 13.2 Å². The highest BCUT2D eigenvalue weighted by atomic mass is 16.5. The number of allylic oxidation sites excluding steroid dienone is 6. The fourth-order valence-electron chi connectivity index (χ4n) is 9.61. The molecule has 6 heteroatoms. The van der Waals surface area contributed by atoms with Crippen LogP contribution in [-0.2, 0) is 14.3 Å². The van der Waals surface area contributed by atoms with E-state index >= 15 is 0 Å². The molecule has 0 spiro atoms. The van der Waals surface area contributed by atoms with Gasteiger partial charge in [-0.2, -0.15) is 0 Å². The summed E-state index contributed by atoms with van der Waals surface area (Å²) >= 11 is 0. The van der Waals surface area contributed by atoms with Crippen molar-refractivity contribution in [1.29, 1.82) is 0 Å². The van der Waals surface area contributed by atoms with Gasteiger partial charge in [-0.3, -0.25) is 9.59 Å². The molecule has 1 amide bonds. The van der Waals surface area contributed by atoms with Crippen molar-refractivity contribution in [3.63, 3.8) is 0 Å². The van der Waals surface area contributed by atoms with E-state index in [1.165, 1.54) is 250 Å². The van der Waals surface area contributed by atoms with E-state index in [2.05, 4.69) is 55.6 Å². The molecule has 2 atom stereocenters. The number of hydrogen-bond acceptors (Lipinski definition) is 5. The van der Waals surface area contributed by atoms with Crippen LogP contribution >= 0.6 is 0 Å². The van der Waals surface area contributed by atoms with E-state index in [0.29, 0.717) is 25.9 Å². The maximum absolute atomic E-state index is 12.4. The van der Waals surface area contributed by atoms with Gasteiger partial charge in [0.2, 0.25) is 5.91 Å². The second-order valence-corrected chi connectivity index (χ2v) is 21.4. The Morgan fingerprint density at radius 1 is 0.400 bits per heavy atom. The van der Waals surface area contributed by atoms with Gasteiger partial charge in [-0.15, -0.1) is 0 Å². The molecule has 0 heterocycles. The summed E-state index contributed by atoms with van der Waals surface area (Å²) in [4.78, 5) is 24.4. The first-order valence-electron chi connectivity index (χ1n) is 31.2. The van der Waals surface area contributed by atoms with E-state index in [9.17, 15) is 19.8 Å². The molecular weight excluding hydrogens is 863 g/mol. The van der Waals surface area contributed by atoms with E-state index in [1.54, 1.807) is 0 Å². The fourth-order valence-corrected chi connectivity index (χ4v) is 9.61. The van der Waals surface area contributed by atoms with E-state index in [4.69, 9.17) is 4.74 Å². The third-order valence-corrected chi connectivity index (χ3v) is 14.4. The Morgan fingerprint density at radius 3 is 1.11 bits per heavy atom. The molecule has 0 aromatic rings. The van der Waals surface area contributed by atoms with E-state index in [-0.39, 0.29) is 18.5 Å². The second-order valence-electron chi connectivity index (χ2n) is 21.4. The monoisotopic (exact) mass is 984 g/mol. The van der Waals surface area contributed by atoms with Gasteiger partial charge in [0.15, 0.2) is 0 Å². The maximum atomic E-state index is 12.4. The minimum absolute atomic E-state index is 0.00370. The zero-order valence-corrected chi connectivity index (χ0v) is 47.0. The molecule has 0 aliphatic carbocycles. The predicted octanol–water partition coefficient (Wildman–Crippen LogP) is 19.6. The van der Waals surface area contributed by atoms with Crippen LogP contribution < -0.4 is 5.32 Å². The molecule has 6 nitrogen and oxygen atoms in total. The zero-order chi connectivity index (χ0) is 50.7. The normalized spacial score (nSPS) is 12.8. The average molecular weight is 985 g/mol. The Morgan fingerprint density at radius 2 is 0.714 bits per heavy atom. The van der Waals surface area contributed by atoms with Gasteiger partial charge in [0.25, 0.3) is 0 Å². The Balaban J connectivity index is 3.37. The standard InChI is InChI=1S/C64H121NO5/c1-3-5-7-9-11-13-14-34-38-42-46-50-54-58-64(69)70-59-55-51-47-43-39-36-33-31-29-27-25-23-21-19-17-15-16-18-20-22-24-26-28-30-32-35-37-41-45-49-53-57-63(68)65-61(60-66)62(67)56-52-48-44-40-12-10-8-6-4-2/h13-14,17,19,23,25,61-62,66-67H,3-12,15-16,18,20-22,24,26-60H2,1-2H3,(H,65,68)/b14-13-,19-17-,25-23-. The SMILES string of the molecule is CCCCCC/C=C\CCCCCCCC(=O)OCCCCCCCCCCC/C=C\C/C=C\CCCCCCCCCCCCCCCCCC(=O)NC(CO)C(O)CCCCCCCCCCC. The summed E-state index contributed by atoms with van der Waals surface area (Å²) in [5, 5.41) is 23.1. The topological polar surface area (TPSA) is 95.9 Å². The van der Waals surface area contributed by atoms with Gasteiger partial charge < -0.3 is 20.3 Å². The number of aliphatic hydroxyl groups excluding tert-OH is 2. The number of carbonyl (C=O) groups is 2. The maximum Gasteiger partial charge on any atom is 0.305 e. The Bertz CT molecular complexity index is 1130. The van der Waals surface area contributed by atoms with Crippen molar-refractivity contribution in [2.45, 2.75) is 347 Å². The van der Waals surface area contributed by atoms with Crippen molar-refractivity contribution in [1.82, 2.24) is 5.32 Å². The third-order valence-electron chi connectivity index (χ3n) is 14.4. The first-order valence-corrected chi connectivity index (χ1v) is 31.2. The highest BCUT2D eigenvalue weighted by Crippen LogP contribution is 2.17. The predicted molar refractivity (Wildman–Crippen MR) is 306 cm³/mol. The first-order chi connectivity index (χ1) is 34.5. The smallest absolute Gasteiger partial charge is 0.305 e. The number of ether oxygens (including phenoxy) is 1. The van der Waals surface area contributed by atoms with Crippen LogP contribution in [0.2, 0.25) is 0 Å². The van der Waals surface area contributed by atoms with Gasteiger partial charge in [0, 0.05) is 12.8 Å². The van der Waals surface area contributed by atoms with E-state index in [0.717, 1.165) is 51.4 Å². The van der Waals surface area contributed by atoms with E-state index < -0.39 is 12.1 Å². The molecule has 412 valence electrons. The van der Waals surface area contributed by atoms with Crippen LogP contribution in [0, 0.1) is 0 Å². The molecule has 0 aliphatic heterocycles. The van der Waals surface area contributed by atoms with Crippen molar-refractivity contribution in [3.05, 3.63) is 36.5 Å². The summed E-state index contributed by atoms with van der Waals surface area (Å²) in [7, 11) is 0. The Hall–Kier alpha value is -1.92. The van der Waals surface area contributed by atoms with Gasteiger partial charge >= 0.3 is 5.97 Å². The molecule has 3 N–H and O–H groups in total. The van der Waals surface area contributed by atoms with Crippen LogP contribution in [-0.4, -0.2) is 47.4 Å².